The highest BCUT2D eigenvalue weighted by atomic mass is 32.1. The van der Waals surface area contributed by atoms with Crippen LogP contribution in [0.4, 0.5) is 0 Å². The van der Waals surface area contributed by atoms with Gasteiger partial charge in [0.2, 0.25) is 0 Å². The Morgan fingerprint density at radius 1 is 1.69 bits per heavy atom. The molecule has 1 N–H and O–H groups in total. The number of aliphatic hydroxyl groups is 1. The largest absolute Gasteiger partial charge is 0.469 e. The Kier molecular flexibility index (Phi) is 5.45. The van der Waals surface area contributed by atoms with Crippen molar-refractivity contribution in [2.45, 2.75) is 19.1 Å². The van der Waals surface area contributed by atoms with E-state index in [0.717, 1.165) is 6.54 Å². The Bertz CT molecular complexity index is 313. The van der Waals surface area contributed by atoms with Gasteiger partial charge >= 0.3 is 5.97 Å². The van der Waals surface area contributed by atoms with E-state index in [4.69, 9.17) is 0 Å². The van der Waals surface area contributed by atoms with Crippen molar-refractivity contribution >= 4 is 17.3 Å². The molecule has 0 aliphatic heterocycles. The average Bonchev–Trinajstić information content (AvgIpc) is 2.69. The highest BCUT2D eigenvalue weighted by Gasteiger charge is 2.13. The minimum Gasteiger partial charge on any atom is -0.469 e. The normalized spacial score (nSPS) is 12.8. The highest BCUT2D eigenvalue weighted by Crippen LogP contribution is 2.11. The molecule has 1 unspecified atom stereocenters. The van der Waals surface area contributed by atoms with Gasteiger partial charge in [0, 0.05) is 18.0 Å². The molecule has 4 nitrogen and oxygen atoms in total. The first-order valence-corrected chi connectivity index (χ1v) is 5.95. The van der Waals surface area contributed by atoms with E-state index >= 15 is 0 Å². The maximum absolute atomic E-state index is 10.9. The van der Waals surface area contributed by atoms with Gasteiger partial charge in [0.05, 0.1) is 19.6 Å². The van der Waals surface area contributed by atoms with Crippen LogP contribution in [-0.4, -0.2) is 42.8 Å². The van der Waals surface area contributed by atoms with Crippen LogP contribution in [0, 0.1) is 0 Å². The second-order valence-corrected chi connectivity index (χ2v) is 4.74. The van der Waals surface area contributed by atoms with Crippen molar-refractivity contribution in [3.8, 4) is 0 Å². The van der Waals surface area contributed by atoms with E-state index in [9.17, 15) is 9.90 Å². The molecule has 0 aliphatic rings. The topological polar surface area (TPSA) is 49.8 Å². The van der Waals surface area contributed by atoms with Crippen LogP contribution in [0.5, 0.6) is 0 Å². The van der Waals surface area contributed by atoms with Crippen LogP contribution in [0.1, 0.15) is 11.3 Å². The molecule has 0 fully saturated rings. The van der Waals surface area contributed by atoms with Crippen molar-refractivity contribution < 1.29 is 14.6 Å². The van der Waals surface area contributed by atoms with Crippen LogP contribution in [0.3, 0.4) is 0 Å². The van der Waals surface area contributed by atoms with Gasteiger partial charge in [-0.3, -0.25) is 9.69 Å². The monoisotopic (exact) mass is 243 g/mol. The van der Waals surface area contributed by atoms with Crippen LogP contribution >= 0.6 is 11.3 Å². The fourth-order valence-corrected chi connectivity index (χ4v) is 2.22. The molecule has 0 radical (unpaired) electrons. The minimum absolute atomic E-state index is 0.0469. The molecule has 0 aromatic carbocycles. The van der Waals surface area contributed by atoms with Gasteiger partial charge in [0.15, 0.2) is 0 Å². The summed E-state index contributed by atoms with van der Waals surface area (Å²) in [5.41, 5.74) is 0. The molecular formula is C11H17NO3S. The molecule has 90 valence electrons. The summed E-state index contributed by atoms with van der Waals surface area (Å²) in [4.78, 5) is 14.2. The van der Waals surface area contributed by atoms with Gasteiger partial charge in [-0.1, -0.05) is 6.07 Å². The molecule has 0 amide bonds. The second-order valence-electron chi connectivity index (χ2n) is 3.71. The maximum Gasteiger partial charge on any atom is 0.308 e. The fourth-order valence-electron chi connectivity index (χ4n) is 1.43. The number of thiophene rings is 1. The number of rotatable bonds is 6. The third kappa shape index (κ3) is 4.74. The number of carbonyl (C=O) groups excluding carboxylic acids is 1. The number of ether oxygens (including phenoxy) is 1. The summed E-state index contributed by atoms with van der Waals surface area (Å²) in [7, 11) is 3.24. The molecule has 16 heavy (non-hydrogen) atoms. The quantitative estimate of drug-likeness (QED) is 0.760. The van der Waals surface area contributed by atoms with Gasteiger partial charge in [-0.25, -0.2) is 0 Å². The lowest BCUT2D eigenvalue weighted by atomic mass is 10.2. The van der Waals surface area contributed by atoms with E-state index < -0.39 is 6.10 Å². The minimum atomic E-state index is -0.669. The van der Waals surface area contributed by atoms with Crippen LogP contribution < -0.4 is 0 Å². The number of esters is 1. The third-order valence-electron chi connectivity index (χ3n) is 2.16. The molecule has 5 heteroatoms. The number of hydrogen-bond donors (Lipinski definition) is 1. The lowest BCUT2D eigenvalue weighted by Crippen LogP contribution is -2.30. The van der Waals surface area contributed by atoms with Crippen LogP contribution in [0.15, 0.2) is 17.5 Å². The van der Waals surface area contributed by atoms with Gasteiger partial charge in [-0.2, -0.15) is 0 Å². The summed E-state index contributed by atoms with van der Waals surface area (Å²) in [6.45, 7) is 1.25. The zero-order valence-electron chi connectivity index (χ0n) is 9.55. The third-order valence-corrected chi connectivity index (χ3v) is 3.02. The van der Waals surface area contributed by atoms with Gasteiger partial charge < -0.3 is 9.84 Å². The van der Waals surface area contributed by atoms with Crippen molar-refractivity contribution in [3.05, 3.63) is 22.4 Å². The molecule has 0 spiro atoms. The first kappa shape index (κ1) is 13.2. The zero-order valence-corrected chi connectivity index (χ0v) is 10.4. The van der Waals surface area contributed by atoms with E-state index in [0.29, 0.717) is 6.54 Å². The molecule has 1 heterocycles. The molecule has 1 atom stereocenters. The fraction of sp³-hybridized carbons (Fsp3) is 0.545. The lowest BCUT2D eigenvalue weighted by Gasteiger charge is -2.19. The van der Waals surface area contributed by atoms with Crippen LogP contribution in [-0.2, 0) is 16.1 Å². The molecule has 1 rings (SSSR count). The van der Waals surface area contributed by atoms with Gasteiger partial charge in [0.1, 0.15) is 0 Å². The van der Waals surface area contributed by atoms with E-state index in [-0.39, 0.29) is 12.4 Å². The first-order valence-electron chi connectivity index (χ1n) is 5.07. The van der Waals surface area contributed by atoms with Crippen molar-refractivity contribution in [3.63, 3.8) is 0 Å². The predicted molar refractivity (Wildman–Crippen MR) is 63.3 cm³/mol. The van der Waals surface area contributed by atoms with E-state index in [2.05, 4.69) is 4.74 Å². The summed E-state index contributed by atoms with van der Waals surface area (Å²) in [6, 6.07) is 4.05. The van der Waals surface area contributed by atoms with E-state index in [1.807, 2.05) is 29.5 Å². The molecule has 1 aromatic rings. The van der Waals surface area contributed by atoms with Crippen LogP contribution in [0.25, 0.3) is 0 Å². The van der Waals surface area contributed by atoms with Crippen molar-refractivity contribution in [2.75, 3.05) is 20.7 Å². The molecule has 0 aliphatic carbocycles. The maximum atomic E-state index is 10.9. The zero-order chi connectivity index (χ0) is 12.0. The van der Waals surface area contributed by atoms with Gasteiger partial charge in [-0.05, 0) is 18.5 Å². The summed E-state index contributed by atoms with van der Waals surface area (Å²) in [5.74, 6) is -0.378. The van der Waals surface area contributed by atoms with E-state index in [1.165, 1.54) is 12.0 Å². The summed E-state index contributed by atoms with van der Waals surface area (Å²) >= 11 is 1.68. The summed E-state index contributed by atoms with van der Waals surface area (Å²) < 4.78 is 4.49. The van der Waals surface area contributed by atoms with Crippen molar-refractivity contribution in [2.24, 2.45) is 0 Å². The highest BCUT2D eigenvalue weighted by molar-refractivity contribution is 7.09. The first-order chi connectivity index (χ1) is 7.61. The number of carbonyl (C=O) groups is 1. The second kappa shape index (κ2) is 6.62. The number of methoxy groups -OCH3 is 1. The van der Waals surface area contributed by atoms with E-state index in [1.54, 1.807) is 11.3 Å². The number of nitrogens with zero attached hydrogens (tertiary/aromatic N) is 1. The number of aliphatic hydroxyl groups excluding tert-OH is 1. The Morgan fingerprint density at radius 2 is 2.44 bits per heavy atom. The molecular weight excluding hydrogens is 226 g/mol. The molecule has 0 bridgehead atoms. The molecule has 1 aromatic heterocycles. The average molecular weight is 243 g/mol. The standard InChI is InChI=1S/C11H17NO3S/c1-12(8-10-4-3-5-16-10)7-9(13)6-11(14)15-2/h3-5,9,13H,6-8H2,1-2H3. The molecule has 0 saturated heterocycles. The number of hydrogen-bond acceptors (Lipinski definition) is 5. The number of likely N-dealkylation sites (N-methyl/N-ethyl adjacent to an activating group) is 1. The SMILES string of the molecule is COC(=O)CC(O)CN(C)Cc1cccs1. The Balaban J connectivity index is 2.28. The molecule has 0 saturated carbocycles. The van der Waals surface area contributed by atoms with Crippen LogP contribution in [0.2, 0.25) is 0 Å². The lowest BCUT2D eigenvalue weighted by molar-refractivity contribution is -0.143. The Labute approximate surface area is 99.5 Å². The summed E-state index contributed by atoms with van der Waals surface area (Å²) in [6.07, 6.45) is -0.622. The van der Waals surface area contributed by atoms with Gasteiger partial charge in [0.25, 0.3) is 0 Å². The van der Waals surface area contributed by atoms with Gasteiger partial charge in [-0.15, -0.1) is 11.3 Å². The Morgan fingerprint density at radius 3 is 3.00 bits per heavy atom. The smallest absolute Gasteiger partial charge is 0.308 e. The Hall–Kier alpha value is -0.910. The van der Waals surface area contributed by atoms with Crippen molar-refractivity contribution in [1.29, 1.82) is 0 Å². The summed E-state index contributed by atoms with van der Waals surface area (Å²) in [5, 5.41) is 11.6. The predicted octanol–water partition coefficient (Wildman–Crippen LogP) is 1.10. The van der Waals surface area contributed by atoms with Crippen molar-refractivity contribution in [1.82, 2.24) is 4.90 Å².